The van der Waals surface area contributed by atoms with Gasteiger partial charge in [-0.05, 0) is 60.2 Å². The van der Waals surface area contributed by atoms with Crippen molar-refractivity contribution in [3.8, 4) is 5.75 Å². The number of rotatable bonds is 6. The van der Waals surface area contributed by atoms with Gasteiger partial charge in [-0.25, -0.2) is 9.37 Å². The fourth-order valence-corrected chi connectivity index (χ4v) is 5.14. The molecular formula is C27H18ClFN2O4S. The molecule has 4 aromatic rings. The molecule has 3 aromatic carbocycles. The van der Waals surface area contributed by atoms with Gasteiger partial charge in [-0.15, -0.1) is 0 Å². The lowest BCUT2D eigenvalue weighted by molar-refractivity contribution is -0.132. The smallest absolute Gasteiger partial charge is 0.301 e. The molecule has 0 radical (unpaired) electrons. The molecule has 9 heteroatoms. The summed E-state index contributed by atoms with van der Waals surface area (Å²) in [6, 6.07) is 16.3. The zero-order valence-corrected chi connectivity index (χ0v) is 20.2. The standard InChI is InChI=1S/C27H18ClFN2O4S/c1-2-13-35-19-10-5-15(6-11-19)23-22(24(32)16-3-7-17(28)8-4-16)25(33)26(34)31(23)27-30-20-12-9-18(29)14-21(20)36-27/h2-12,14,23,32H,1,13H2. The number of benzene rings is 3. The van der Waals surface area contributed by atoms with Gasteiger partial charge in [0.2, 0.25) is 0 Å². The minimum absolute atomic E-state index is 0.0903. The Hall–Kier alpha value is -4.01. The van der Waals surface area contributed by atoms with Crippen molar-refractivity contribution in [2.45, 2.75) is 6.04 Å². The average molecular weight is 521 g/mol. The Morgan fingerprint density at radius 1 is 1.14 bits per heavy atom. The van der Waals surface area contributed by atoms with Crippen molar-refractivity contribution in [3.05, 3.63) is 107 Å². The average Bonchev–Trinajstić information content (AvgIpc) is 3.40. The van der Waals surface area contributed by atoms with E-state index in [4.69, 9.17) is 16.3 Å². The molecule has 6 nitrogen and oxygen atoms in total. The Bertz CT molecular complexity index is 1530. The molecule has 0 saturated carbocycles. The highest BCUT2D eigenvalue weighted by Gasteiger charge is 2.48. The Morgan fingerprint density at radius 2 is 1.86 bits per heavy atom. The van der Waals surface area contributed by atoms with Crippen molar-refractivity contribution in [1.82, 2.24) is 4.98 Å². The van der Waals surface area contributed by atoms with Crippen LogP contribution in [0, 0.1) is 5.82 Å². The molecule has 2 heterocycles. The third kappa shape index (κ3) is 4.25. The van der Waals surface area contributed by atoms with Crippen molar-refractivity contribution >= 4 is 55.7 Å². The van der Waals surface area contributed by atoms with E-state index in [0.29, 0.717) is 38.7 Å². The first kappa shape index (κ1) is 23.7. The maximum Gasteiger partial charge on any atom is 0.301 e. The molecule has 1 aromatic heterocycles. The Kier molecular flexibility index (Phi) is 6.30. The SMILES string of the molecule is C=CCOc1ccc(C2C(=C(O)c3ccc(Cl)cc3)C(=O)C(=O)N2c2nc3ccc(F)cc3s2)cc1. The van der Waals surface area contributed by atoms with E-state index in [1.807, 2.05) is 0 Å². The highest BCUT2D eigenvalue weighted by atomic mass is 35.5. The van der Waals surface area contributed by atoms with E-state index in [0.717, 1.165) is 11.3 Å². The van der Waals surface area contributed by atoms with Gasteiger partial charge in [0.05, 0.1) is 21.8 Å². The lowest BCUT2D eigenvalue weighted by Crippen LogP contribution is -2.29. The summed E-state index contributed by atoms with van der Waals surface area (Å²) in [7, 11) is 0. The van der Waals surface area contributed by atoms with Gasteiger partial charge in [0.25, 0.3) is 5.78 Å². The zero-order valence-electron chi connectivity index (χ0n) is 18.7. The molecule has 1 unspecified atom stereocenters. The number of hydrogen-bond acceptors (Lipinski definition) is 6. The lowest BCUT2D eigenvalue weighted by atomic mass is 9.95. The molecule has 1 aliphatic rings. The van der Waals surface area contributed by atoms with E-state index in [-0.39, 0.29) is 16.5 Å². The number of ketones is 1. The fraction of sp³-hybridized carbons (Fsp3) is 0.0741. The molecule has 1 atom stereocenters. The van der Waals surface area contributed by atoms with E-state index < -0.39 is 23.5 Å². The van der Waals surface area contributed by atoms with Gasteiger partial charge >= 0.3 is 5.91 Å². The maximum atomic E-state index is 13.8. The topological polar surface area (TPSA) is 79.7 Å². The minimum atomic E-state index is -0.973. The van der Waals surface area contributed by atoms with Crippen LogP contribution in [0.4, 0.5) is 9.52 Å². The normalized spacial score (nSPS) is 17.1. The number of fused-ring (bicyclic) bond motifs is 1. The van der Waals surface area contributed by atoms with Crippen molar-refractivity contribution in [3.63, 3.8) is 0 Å². The first-order valence-electron chi connectivity index (χ1n) is 10.8. The predicted molar refractivity (Wildman–Crippen MR) is 138 cm³/mol. The summed E-state index contributed by atoms with van der Waals surface area (Å²) >= 11 is 7.06. The number of Topliss-reactive ketones (excluding diaryl/α,β-unsaturated/α-hetero) is 1. The van der Waals surface area contributed by atoms with Crippen LogP contribution in [-0.4, -0.2) is 28.4 Å². The van der Waals surface area contributed by atoms with Gasteiger partial charge in [0, 0.05) is 10.6 Å². The molecule has 0 aliphatic carbocycles. The third-order valence-electron chi connectivity index (χ3n) is 5.67. The molecule has 1 N–H and O–H groups in total. The summed E-state index contributed by atoms with van der Waals surface area (Å²) < 4.78 is 19.9. The Labute approximate surface area is 214 Å². The second kappa shape index (κ2) is 9.56. The number of aromatic nitrogens is 1. The highest BCUT2D eigenvalue weighted by Crippen LogP contribution is 2.44. The maximum absolute atomic E-state index is 13.8. The second-order valence-corrected chi connectivity index (χ2v) is 9.40. The molecule has 0 bridgehead atoms. The fourth-order valence-electron chi connectivity index (χ4n) is 4.00. The minimum Gasteiger partial charge on any atom is -0.507 e. The summed E-state index contributed by atoms with van der Waals surface area (Å²) in [5.74, 6) is -1.90. The van der Waals surface area contributed by atoms with Gasteiger partial charge in [-0.1, -0.05) is 47.7 Å². The van der Waals surface area contributed by atoms with Crippen molar-refractivity contribution in [2.75, 3.05) is 11.5 Å². The number of thiazole rings is 1. The van der Waals surface area contributed by atoms with Crippen LogP contribution in [0.3, 0.4) is 0 Å². The number of amides is 1. The number of nitrogens with zero attached hydrogens (tertiary/aromatic N) is 2. The number of carbonyl (C=O) groups is 2. The molecule has 1 amide bonds. The predicted octanol–water partition coefficient (Wildman–Crippen LogP) is 6.28. The van der Waals surface area contributed by atoms with Gasteiger partial charge in [-0.3, -0.25) is 14.5 Å². The first-order chi connectivity index (χ1) is 17.4. The molecule has 1 fully saturated rings. The number of aliphatic hydroxyl groups excluding tert-OH is 1. The molecule has 5 rings (SSSR count). The van der Waals surface area contributed by atoms with Crippen LogP contribution in [0.5, 0.6) is 5.75 Å². The van der Waals surface area contributed by atoms with E-state index in [9.17, 15) is 19.1 Å². The largest absolute Gasteiger partial charge is 0.507 e. The van der Waals surface area contributed by atoms with Crippen LogP contribution in [0.1, 0.15) is 17.2 Å². The molecule has 1 aliphatic heterocycles. The number of hydrogen-bond donors (Lipinski definition) is 1. The molecule has 0 spiro atoms. The quantitative estimate of drug-likeness (QED) is 0.140. The van der Waals surface area contributed by atoms with Gasteiger partial charge in [0.1, 0.15) is 23.9 Å². The van der Waals surface area contributed by atoms with Crippen molar-refractivity contribution < 1.29 is 23.8 Å². The lowest BCUT2D eigenvalue weighted by Gasteiger charge is -2.23. The molecule has 36 heavy (non-hydrogen) atoms. The molecule has 180 valence electrons. The van der Waals surface area contributed by atoms with E-state index in [2.05, 4.69) is 11.6 Å². The van der Waals surface area contributed by atoms with E-state index >= 15 is 0 Å². The highest BCUT2D eigenvalue weighted by molar-refractivity contribution is 7.22. The van der Waals surface area contributed by atoms with Crippen LogP contribution < -0.4 is 9.64 Å². The summed E-state index contributed by atoms with van der Waals surface area (Å²) in [5, 5.41) is 11.8. The number of anilines is 1. The van der Waals surface area contributed by atoms with Crippen LogP contribution in [0.2, 0.25) is 5.02 Å². The second-order valence-electron chi connectivity index (χ2n) is 7.95. The van der Waals surface area contributed by atoms with Crippen LogP contribution in [-0.2, 0) is 9.59 Å². The Morgan fingerprint density at radius 3 is 2.56 bits per heavy atom. The first-order valence-corrected chi connectivity index (χ1v) is 12.0. The van der Waals surface area contributed by atoms with E-state index in [1.165, 1.54) is 23.1 Å². The van der Waals surface area contributed by atoms with Crippen molar-refractivity contribution in [2.24, 2.45) is 0 Å². The summed E-state index contributed by atoms with van der Waals surface area (Å²) in [4.78, 5) is 32.3. The van der Waals surface area contributed by atoms with Gasteiger partial charge in [-0.2, -0.15) is 0 Å². The Balaban J connectivity index is 1.68. The zero-order chi connectivity index (χ0) is 25.4. The summed E-state index contributed by atoms with van der Waals surface area (Å²) in [5.41, 5.74) is 1.29. The number of carbonyl (C=O) groups excluding carboxylic acids is 2. The molecule has 1 saturated heterocycles. The van der Waals surface area contributed by atoms with Gasteiger partial charge < -0.3 is 9.84 Å². The third-order valence-corrected chi connectivity index (χ3v) is 6.94. The molecular weight excluding hydrogens is 503 g/mol. The number of halogens is 2. The van der Waals surface area contributed by atoms with Gasteiger partial charge in [0.15, 0.2) is 5.13 Å². The van der Waals surface area contributed by atoms with Crippen LogP contribution in [0.15, 0.2) is 85.0 Å². The van der Waals surface area contributed by atoms with Crippen molar-refractivity contribution in [1.29, 1.82) is 0 Å². The van der Waals surface area contributed by atoms with Crippen LogP contribution >= 0.6 is 22.9 Å². The number of aliphatic hydroxyl groups is 1. The summed E-state index contributed by atoms with van der Waals surface area (Å²) in [6.45, 7) is 3.94. The van der Waals surface area contributed by atoms with Crippen LogP contribution in [0.25, 0.3) is 16.0 Å². The number of ether oxygens (including phenoxy) is 1. The monoisotopic (exact) mass is 520 g/mol. The summed E-state index contributed by atoms with van der Waals surface area (Å²) in [6.07, 6.45) is 1.62. The van der Waals surface area contributed by atoms with E-state index in [1.54, 1.807) is 54.6 Å².